The molecule has 30 heavy (non-hydrogen) atoms. The maximum Gasteiger partial charge on any atom is 0.226 e. The van der Waals surface area contributed by atoms with E-state index in [1.807, 2.05) is 60.1 Å². The van der Waals surface area contributed by atoms with Gasteiger partial charge >= 0.3 is 0 Å². The number of hydrogen-bond acceptors (Lipinski definition) is 5. The van der Waals surface area contributed by atoms with Gasteiger partial charge in [-0.25, -0.2) is 4.68 Å². The number of carbonyl (C=O) groups is 1. The molecule has 0 spiro atoms. The Hall–Kier alpha value is -3.12. The standard InChI is InChI=1S/C23H21ClN4O2/c1-2-30-17-11-9-14(10-12-17)21-20-18(7-4-8-19(20)29)25-23-26-22(27-28(21)23)15-5-3-6-16(24)13-15/h3,5-6,9-13,21H,2,4,7-8H2,1H3,(H,25,26,27)/t21-/m0/s1. The third kappa shape index (κ3) is 3.27. The van der Waals surface area contributed by atoms with E-state index in [0.29, 0.717) is 29.8 Å². The smallest absolute Gasteiger partial charge is 0.226 e. The van der Waals surface area contributed by atoms with Crippen LogP contribution in [-0.4, -0.2) is 27.2 Å². The third-order valence-corrected chi connectivity index (χ3v) is 5.69. The molecule has 0 saturated heterocycles. The van der Waals surface area contributed by atoms with Gasteiger partial charge < -0.3 is 10.1 Å². The molecule has 2 aliphatic rings. The fourth-order valence-corrected chi connectivity index (χ4v) is 4.32. The molecule has 2 aromatic carbocycles. The molecular formula is C23H21ClN4O2. The SMILES string of the molecule is CCOc1ccc([C@H]2C3=C(CCCC3=O)Nc3nc(-c4cccc(Cl)c4)nn32)cc1. The van der Waals surface area contributed by atoms with E-state index in [0.717, 1.165) is 41.0 Å². The average Bonchev–Trinajstić information content (AvgIpc) is 3.17. The number of nitrogens with zero attached hydrogens (tertiary/aromatic N) is 3. The number of nitrogens with one attached hydrogen (secondary N) is 1. The van der Waals surface area contributed by atoms with Crippen molar-refractivity contribution in [2.75, 3.05) is 11.9 Å². The summed E-state index contributed by atoms with van der Waals surface area (Å²) in [5.41, 5.74) is 3.54. The van der Waals surface area contributed by atoms with Crippen LogP contribution >= 0.6 is 11.6 Å². The molecule has 6 nitrogen and oxygen atoms in total. The zero-order valence-corrected chi connectivity index (χ0v) is 17.3. The maximum atomic E-state index is 12.9. The van der Waals surface area contributed by atoms with Gasteiger partial charge in [0.05, 0.1) is 6.61 Å². The van der Waals surface area contributed by atoms with E-state index in [1.165, 1.54) is 0 Å². The monoisotopic (exact) mass is 420 g/mol. The number of ether oxygens (including phenoxy) is 1. The predicted molar refractivity (Wildman–Crippen MR) is 116 cm³/mol. The molecular weight excluding hydrogens is 400 g/mol. The molecule has 2 heterocycles. The first-order chi connectivity index (χ1) is 14.6. The predicted octanol–water partition coefficient (Wildman–Crippen LogP) is 5.02. The molecule has 1 aromatic heterocycles. The Kier molecular flexibility index (Phi) is 4.79. The summed E-state index contributed by atoms with van der Waals surface area (Å²) < 4.78 is 7.39. The lowest BCUT2D eigenvalue weighted by atomic mass is 9.85. The van der Waals surface area contributed by atoms with Crippen molar-refractivity contribution in [3.05, 3.63) is 70.4 Å². The van der Waals surface area contributed by atoms with Gasteiger partial charge in [0.25, 0.3) is 0 Å². The third-order valence-electron chi connectivity index (χ3n) is 5.46. The number of benzene rings is 2. The van der Waals surface area contributed by atoms with Crippen molar-refractivity contribution in [3.8, 4) is 17.1 Å². The number of anilines is 1. The summed E-state index contributed by atoms with van der Waals surface area (Å²) in [5.74, 6) is 2.17. The minimum Gasteiger partial charge on any atom is -0.494 e. The van der Waals surface area contributed by atoms with Crippen LogP contribution in [0.25, 0.3) is 11.4 Å². The minimum absolute atomic E-state index is 0.160. The highest BCUT2D eigenvalue weighted by atomic mass is 35.5. The minimum atomic E-state index is -0.319. The summed E-state index contributed by atoms with van der Waals surface area (Å²) in [6.45, 7) is 2.56. The molecule has 7 heteroatoms. The summed E-state index contributed by atoms with van der Waals surface area (Å²) in [6.07, 6.45) is 2.23. The van der Waals surface area contributed by atoms with Gasteiger partial charge in [-0.3, -0.25) is 4.79 Å². The Labute approximate surface area is 179 Å². The average molecular weight is 421 g/mol. The van der Waals surface area contributed by atoms with Gasteiger partial charge in [0.2, 0.25) is 5.95 Å². The summed E-state index contributed by atoms with van der Waals surface area (Å²) >= 11 is 6.16. The molecule has 1 aliphatic heterocycles. The van der Waals surface area contributed by atoms with Crippen molar-refractivity contribution in [2.24, 2.45) is 0 Å². The van der Waals surface area contributed by atoms with Crippen molar-refractivity contribution in [1.82, 2.24) is 14.8 Å². The number of halogens is 1. The van der Waals surface area contributed by atoms with Gasteiger partial charge in [0.15, 0.2) is 11.6 Å². The van der Waals surface area contributed by atoms with Crippen molar-refractivity contribution >= 4 is 23.3 Å². The molecule has 152 valence electrons. The number of ketones is 1. The lowest BCUT2D eigenvalue weighted by molar-refractivity contribution is -0.116. The Morgan fingerprint density at radius 3 is 2.80 bits per heavy atom. The number of rotatable bonds is 4. The van der Waals surface area contributed by atoms with Crippen LogP contribution in [0, 0.1) is 0 Å². The quantitative estimate of drug-likeness (QED) is 0.641. The van der Waals surface area contributed by atoms with Gasteiger partial charge in [0, 0.05) is 28.3 Å². The molecule has 3 aromatic rings. The summed E-state index contributed by atoms with van der Waals surface area (Å²) in [7, 11) is 0. The maximum absolute atomic E-state index is 12.9. The zero-order valence-electron chi connectivity index (χ0n) is 16.6. The molecule has 1 aliphatic carbocycles. The van der Waals surface area contributed by atoms with Crippen LogP contribution in [-0.2, 0) is 4.79 Å². The second-order valence-electron chi connectivity index (χ2n) is 7.41. The first kappa shape index (κ1) is 18.9. The van der Waals surface area contributed by atoms with Crippen LogP contribution in [0.5, 0.6) is 5.75 Å². The number of Topliss-reactive ketones (excluding diaryl/α,β-unsaturated/α-hetero) is 1. The molecule has 0 bridgehead atoms. The van der Waals surface area contributed by atoms with Crippen LogP contribution in [0.3, 0.4) is 0 Å². The van der Waals surface area contributed by atoms with Crippen LogP contribution in [0.1, 0.15) is 37.8 Å². The summed E-state index contributed by atoms with van der Waals surface area (Å²) in [6, 6.07) is 15.0. The van der Waals surface area contributed by atoms with Gasteiger partial charge in [-0.05, 0) is 49.6 Å². The molecule has 5 rings (SSSR count). The second-order valence-corrected chi connectivity index (χ2v) is 7.85. The first-order valence-corrected chi connectivity index (χ1v) is 10.5. The molecule has 0 saturated carbocycles. The Morgan fingerprint density at radius 1 is 1.20 bits per heavy atom. The number of hydrogen-bond donors (Lipinski definition) is 1. The lowest BCUT2D eigenvalue weighted by Crippen LogP contribution is -2.31. The van der Waals surface area contributed by atoms with Crippen molar-refractivity contribution in [1.29, 1.82) is 0 Å². The summed E-state index contributed by atoms with van der Waals surface area (Å²) in [5, 5.41) is 8.76. The fourth-order valence-electron chi connectivity index (χ4n) is 4.13. The largest absolute Gasteiger partial charge is 0.494 e. The second kappa shape index (κ2) is 7.61. The van der Waals surface area contributed by atoms with Gasteiger partial charge in [0.1, 0.15) is 11.8 Å². The highest BCUT2D eigenvalue weighted by Gasteiger charge is 2.36. The normalized spacial score (nSPS) is 17.9. The van der Waals surface area contributed by atoms with E-state index in [9.17, 15) is 4.79 Å². The van der Waals surface area contributed by atoms with E-state index in [4.69, 9.17) is 26.4 Å². The van der Waals surface area contributed by atoms with Crippen LogP contribution in [0.2, 0.25) is 5.02 Å². The molecule has 0 unspecified atom stereocenters. The van der Waals surface area contributed by atoms with Crippen LogP contribution in [0.15, 0.2) is 59.8 Å². The topological polar surface area (TPSA) is 69.0 Å². The van der Waals surface area contributed by atoms with Crippen molar-refractivity contribution in [2.45, 2.75) is 32.2 Å². The van der Waals surface area contributed by atoms with Crippen LogP contribution < -0.4 is 10.1 Å². The molecule has 0 fully saturated rings. The molecule has 0 amide bonds. The molecule has 0 radical (unpaired) electrons. The number of allylic oxidation sites excluding steroid dienone is 2. The fraction of sp³-hybridized carbons (Fsp3) is 0.261. The molecule has 1 N–H and O–H groups in total. The van der Waals surface area contributed by atoms with Crippen molar-refractivity contribution < 1.29 is 9.53 Å². The van der Waals surface area contributed by atoms with Gasteiger partial charge in [-0.15, -0.1) is 5.10 Å². The number of aromatic nitrogens is 3. The highest BCUT2D eigenvalue weighted by molar-refractivity contribution is 6.30. The van der Waals surface area contributed by atoms with Crippen LogP contribution in [0.4, 0.5) is 5.95 Å². The number of carbonyl (C=O) groups excluding carboxylic acids is 1. The van der Waals surface area contributed by atoms with E-state index in [2.05, 4.69) is 5.32 Å². The van der Waals surface area contributed by atoms with E-state index in [-0.39, 0.29) is 11.8 Å². The number of fused-ring (bicyclic) bond motifs is 1. The van der Waals surface area contributed by atoms with E-state index in [1.54, 1.807) is 0 Å². The molecule has 1 atom stereocenters. The Balaban J connectivity index is 1.63. The summed E-state index contributed by atoms with van der Waals surface area (Å²) in [4.78, 5) is 17.6. The van der Waals surface area contributed by atoms with Gasteiger partial charge in [-0.2, -0.15) is 4.98 Å². The first-order valence-electron chi connectivity index (χ1n) is 10.1. The Morgan fingerprint density at radius 2 is 2.03 bits per heavy atom. The lowest BCUT2D eigenvalue weighted by Gasteiger charge is -2.32. The van der Waals surface area contributed by atoms with Gasteiger partial charge in [-0.1, -0.05) is 35.9 Å². The zero-order chi connectivity index (χ0) is 20.7. The van der Waals surface area contributed by atoms with E-state index < -0.39 is 0 Å². The van der Waals surface area contributed by atoms with E-state index >= 15 is 0 Å². The highest BCUT2D eigenvalue weighted by Crippen LogP contribution is 2.41. The van der Waals surface area contributed by atoms with Crippen molar-refractivity contribution in [3.63, 3.8) is 0 Å². The Bertz CT molecular complexity index is 1150.